The Labute approximate surface area is 119 Å². The summed E-state index contributed by atoms with van der Waals surface area (Å²) in [7, 11) is 0. The molecule has 20 heavy (non-hydrogen) atoms. The third-order valence-corrected chi connectivity index (χ3v) is 4.00. The summed E-state index contributed by atoms with van der Waals surface area (Å²) in [6, 6.07) is 4.16. The van der Waals surface area contributed by atoms with Gasteiger partial charge in [-0.25, -0.2) is 4.98 Å². The van der Waals surface area contributed by atoms with Crippen LogP contribution in [0.2, 0.25) is 0 Å². The molecule has 0 aromatic carbocycles. The van der Waals surface area contributed by atoms with Crippen molar-refractivity contribution in [2.75, 3.05) is 39.3 Å². The lowest BCUT2D eigenvalue weighted by Crippen LogP contribution is -2.46. The van der Waals surface area contributed by atoms with Crippen molar-refractivity contribution in [3.63, 3.8) is 0 Å². The molecule has 0 unspecified atom stereocenters. The third kappa shape index (κ3) is 2.85. The maximum Gasteiger partial charge on any atom is 0.136 e. The molecule has 0 bridgehead atoms. The second-order valence-electron chi connectivity index (χ2n) is 5.53. The van der Waals surface area contributed by atoms with Gasteiger partial charge in [-0.15, -0.1) is 0 Å². The van der Waals surface area contributed by atoms with Crippen LogP contribution < -0.4 is 0 Å². The Bertz CT molecular complexity index is 572. The number of rotatable bonds is 4. The third-order valence-electron chi connectivity index (χ3n) is 4.00. The number of nitrogens with zero attached hydrogens (tertiary/aromatic N) is 4. The minimum Gasteiger partial charge on any atom is -0.395 e. The molecule has 1 saturated heterocycles. The molecule has 1 N–H and O–H groups in total. The van der Waals surface area contributed by atoms with E-state index in [1.807, 2.05) is 6.20 Å². The standard InChI is InChI=1S/C15H22N4O/c1-13-2-3-15-16-10-14(19(15)11-13)12-18-6-4-17(5-7-18)8-9-20/h2-3,10-11,20H,4-9,12H2,1H3. The lowest BCUT2D eigenvalue weighted by Gasteiger charge is -2.34. The zero-order chi connectivity index (χ0) is 13.9. The van der Waals surface area contributed by atoms with Crippen molar-refractivity contribution < 1.29 is 5.11 Å². The van der Waals surface area contributed by atoms with Crippen LogP contribution >= 0.6 is 0 Å². The first-order chi connectivity index (χ1) is 9.76. The average molecular weight is 274 g/mol. The molecule has 0 radical (unpaired) electrons. The van der Waals surface area contributed by atoms with Crippen molar-refractivity contribution in [2.45, 2.75) is 13.5 Å². The Balaban J connectivity index is 1.67. The Kier molecular flexibility index (Phi) is 4.00. The minimum atomic E-state index is 0.256. The summed E-state index contributed by atoms with van der Waals surface area (Å²) in [4.78, 5) is 9.24. The van der Waals surface area contributed by atoms with E-state index in [-0.39, 0.29) is 6.61 Å². The van der Waals surface area contributed by atoms with E-state index in [9.17, 15) is 0 Å². The number of aliphatic hydroxyl groups excluding tert-OH is 1. The van der Waals surface area contributed by atoms with Gasteiger partial charge in [0.15, 0.2) is 0 Å². The van der Waals surface area contributed by atoms with Crippen LogP contribution in [0.25, 0.3) is 5.65 Å². The van der Waals surface area contributed by atoms with Gasteiger partial charge in [-0.3, -0.25) is 9.80 Å². The van der Waals surface area contributed by atoms with Crippen LogP contribution in [0, 0.1) is 6.92 Å². The highest BCUT2D eigenvalue weighted by molar-refractivity contribution is 5.41. The van der Waals surface area contributed by atoms with Crippen LogP contribution in [0.15, 0.2) is 24.5 Å². The number of aromatic nitrogens is 2. The summed E-state index contributed by atoms with van der Waals surface area (Å²) in [5, 5.41) is 8.97. The van der Waals surface area contributed by atoms with Crippen LogP contribution in [0.4, 0.5) is 0 Å². The minimum absolute atomic E-state index is 0.256. The predicted octanol–water partition coefficient (Wildman–Crippen LogP) is 0.753. The number of aryl methyl sites for hydroxylation is 1. The molecule has 108 valence electrons. The van der Waals surface area contributed by atoms with E-state index in [1.165, 1.54) is 11.3 Å². The van der Waals surface area contributed by atoms with Crippen molar-refractivity contribution in [1.29, 1.82) is 0 Å². The molecule has 3 rings (SSSR count). The summed E-state index contributed by atoms with van der Waals surface area (Å²) in [5.74, 6) is 0. The Morgan fingerprint density at radius 1 is 1.15 bits per heavy atom. The fourth-order valence-corrected chi connectivity index (χ4v) is 2.80. The number of piperazine rings is 1. The second-order valence-corrected chi connectivity index (χ2v) is 5.53. The van der Waals surface area contributed by atoms with E-state index in [2.05, 4.69) is 44.4 Å². The van der Waals surface area contributed by atoms with E-state index < -0.39 is 0 Å². The monoisotopic (exact) mass is 274 g/mol. The maximum absolute atomic E-state index is 8.97. The number of hydrogen-bond acceptors (Lipinski definition) is 4. The first-order valence-corrected chi connectivity index (χ1v) is 7.24. The van der Waals surface area contributed by atoms with E-state index in [1.54, 1.807) is 0 Å². The molecule has 1 aliphatic rings. The Hall–Kier alpha value is -1.43. The number of imidazole rings is 1. The summed E-state index contributed by atoms with van der Waals surface area (Å²) in [6.45, 7) is 8.29. The smallest absolute Gasteiger partial charge is 0.136 e. The fourth-order valence-electron chi connectivity index (χ4n) is 2.80. The van der Waals surface area contributed by atoms with E-state index in [0.29, 0.717) is 0 Å². The zero-order valence-corrected chi connectivity index (χ0v) is 12.0. The molecule has 0 spiro atoms. The van der Waals surface area contributed by atoms with Gasteiger partial charge in [0, 0.05) is 45.5 Å². The van der Waals surface area contributed by atoms with Crippen LogP contribution in [-0.2, 0) is 6.54 Å². The lowest BCUT2D eigenvalue weighted by atomic mass is 10.3. The van der Waals surface area contributed by atoms with Gasteiger partial charge >= 0.3 is 0 Å². The maximum atomic E-state index is 8.97. The number of fused-ring (bicyclic) bond motifs is 1. The molecule has 5 heteroatoms. The summed E-state index contributed by atoms with van der Waals surface area (Å²) in [6.07, 6.45) is 4.13. The van der Waals surface area contributed by atoms with Gasteiger partial charge < -0.3 is 9.51 Å². The van der Waals surface area contributed by atoms with Crippen LogP contribution in [0.5, 0.6) is 0 Å². The molecule has 1 aliphatic heterocycles. The zero-order valence-electron chi connectivity index (χ0n) is 12.0. The van der Waals surface area contributed by atoms with Gasteiger partial charge in [0.2, 0.25) is 0 Å². The summed E-state index contributed by atoms with van der Waals surface area (Å²) >= 11 is 0. The summed E-state index contributed by atoms with van der Waals surface area (Å²) < 4.78 is 2.19. The van der Waals surface area contributed by atoms with E-state index in [0.717, 1.165) is 44.9 Å². The van der Waals surface area contributed by atoms with Gasteiger partial charge in [0.25, 0.3) is 0 Å². The normalized spacial score (nSPS) is 17.9. The van der Waals surface area contributed by atoms with Crippen molar-refractivity contribution in [1.82, 2.24) is 19.2 Å². The van der Waals surface area contributed by atoms with Gasteiger partial charge in [-0.2, -0.15) is 0 Å². The fraction of sp³-hybridized carbons (Fsp3) is 0.533. The average Bonchev–Trinajstić information content (AvgIpc) is 2.84. The quantitative estimate of drug-likeness (QED) is 0.894. The molecular formula is C15H22N4O. The highest BCUT2D eigenvalue weighted by atomic mass is 16.3. The van der Waals surface area contributed by atoms with E-state index >= 15 is 0 Å². The highest BCUT2D eigenvalue weighted by Crippen LogP contribution is 2.12. The second kappa shape index (κ2) is 5.91. The molecule has 2 aromatic rings. The van der Waals surface area contributed by atoms with Crippen LogP contribution in [-0.4, -0.2) is 63.6 Å². The van der Waals surface area contributed by atoms with Gasteiger partial charge in [-0.05, 0) is 18.6 Å². The Morgan fingerprint density at radius 2 is 1.90 bits per heavy atom. The number of β-amino-alcohol motifs (C(OH)–C–C–N with tert-alkyl or cyclic N) is 1. The van der Waals surface area contributed by atoms with Crippen molar-refractivity contribution in [2.24, 2.45) is 0 Å². The first-order valence-electron chi connectivity index (χ1n) is 7.24. The largest absolute Gasteiger partial charge is 0.395 e. The number of aliphatic hydroxyl groups is 1. The molecule has 1 fully saturated rings. The van der Waals surface area contributed by atoms with Gasteiger partial charge in [0.05, 0.1) is 18.5 Å². The van der Waals surface area contributed by atoms with E-state index in [4.69, 9.17) is 5.11 Å². The van der Waals surface area contributed by atoms with Gasteiger partial charge in [-0.1, -0.05) is 6.07 Å². The molecule has 0 aliphatic carbocycles. The topological polar surface area (TPSA) is 44.0 Å². The van der Waals surface area contributed by atoms with Crippen molar-refractivity contribution >= 4 is 5.65 Å². The van der Waals surface area contributed by atoms with Crippen molar-refractivity contribution in [3.8, 4) is 0 Å². The molecular weight excluding hydrogens is 252 g/mol. The molecule has 3 heterocycles. The molecule has 0 amide bonds. The first kappa shape index (κ1) is 13.5. The molecule has 0 saturated carbocycles. The number of hydrogen-bond donors (Lipinski definition) is 1. The van der Waals surface area contributed by atoms with Crippen LogP contribution in [0.1, 0.15) is 11.3 Å². The lowest BCUT2D eigenvalue weighted by molar-refractivity contribution is 0.107. The van der Waals surface area contributed by atoms with Crippen LogP contribution in [0.3, 0.4) is 0 Å². The highest BCUT2D eigenvalue weighted by Gasteiger charge is 2.17. The summed E-state index contributed by atoms with van der Waals surface area (Å²) in [5.41, 5.74) is 3.52. The molecule has 0 atom stereocenters. The SMILES string of the molecule is Cc1ccc2ncc(CN3CCN(CCO)CC3)n2c1. The van der Waals surface area contributed by atoms with Gasteiger partial charge in [0.1, 0.15) is 5.65 Å². The number of pyridine rings is 1. The molecule has 2 aromatic heterocycles. The van der Waals surface area contributed by atoms with Crippen molar-refractivity contribution in [3.05, 3.63) is 35.8 Å². The predicted molar refractivity (Wildman–Crippen MR) is 78.7 cm³/mol. The molecule has 5 nitrogen and oxygen atoms in total. The Morgan fingerprint density at radius 3 is 2.65 bits per heavy atom.